The zero-order valence-electron chi connectivity index (χ0n) is 14.1. The lowest BCUT2D eigenvalue weighted by Crippen LogP contribution is -2.31. The van der Waals surface area contributed by atoms with E-state index in [1.807, 2.05) is 0 Å². The molecular formula is C17H13ClF4N2O4. The molecule has 28 heavy (non-hydrogen) atoms. The van der Waals surface area contributed by atoms with E-state index in [0.717, 1.165) is 36.4 Å². The van der Waals surface area contributed by atoms with Crippen LogP contribution >= 0.6 is 11.6 Å². The molecule has 3 N–H and O–H groups in total. The average Bonchev–Trinajstić information content (AvgIpc) is 2.58. The maximum atomic E-state index is 13.7. The van der Waals surface area contributed by atoms with E-state index in [1.54, 1.807) is 0 Å². The first-order chi connectivity index (χ1) is 13.0. The van der Waals surface area contributed by atoms with E-state index in [1.165, 1.54) is 6.92 Å². The molecule has 0 spiro atoms. The Morgan fingerprint density at radius 2 is 1.79 bits per heavy atom. The van der Waals surface area contributed by atoms with Gasteiger partial charge in [0.2, 0.25) is 0 Å². The minimum absolute atomic E-state index is 0.101. The molecular weight excluding hydrogens is 408 g/mol. The van der Waals surface area contributed by atoms with Gasteiger partial charge in [0.1, 0.15) is 23.4 Å². The van der Waals surface area contributed by atoms with Crippen molar-refractivity contribution in [3.8, 4) is 11.5 Å². The summed E-state index contributed by atoms with van der Waals surface area (Å²) in [6, 6.07) is 4.93. The van der Waals surface area contributed by atoms with Gasteiger partial charge in [-0.25, -0.2) is 9.18 Å². The van der Waals surface area contributed by atoms with Gasteiger partial charge in [0.05, 0.1) is 10.6 Å². The lowest BCUT2D eigenvalue weighted by Gasteiger charge is -2.13. The third-order valence-corrected chi connectivity index (χ3v) is 3.48. The minimum Gasteiger partial charge on any atom is -0.424 e. The number of hydrogen-bond donors (Lipinski definition) is 2. The Morgan fingerprint density at radius 3 is 2.32 bits per heavy atom. The van der Waals surface area contributed by atoms with E-state index >= 15 is 0 Å². The van der Waals surface area contributed by atoms with Gasteiger partial charge in [-0.3, -0.25) is 4.79 Å². The monoisotopic (exact) mass is 420 g/mol. The fourth-order valence-corrected chi connectivity index (χ4v) is 2.09. The highest BCUT2D eigenvalue weighted by Gasteiger charge is 2.31. The smallest absolute Gasteiger partial charge is 0.424 e. The van der Waals surface area contributed by atoms with Gasteiger partial charge in [0.25, 0.3) is 5.91 Å². The van der Waals surface area contributed by atoms with Crippen molar-refractivity contribution in [2.24, 2.45) is 5.73 Å². The topological polar surface area (TPSA) is 90.7 Å². The predicted octanol–water partition coefficient (Wildman–Crippen LogP) is 3.88. The SMILES string of the molecule is C[C@H](N)C(=O)Oc1cc(F)c(Cl)cc1C(=O)Nc1ccc(OC(F)(F)F)cc1. The number of ether oxygens (including phenoxy) is 2. The normalized spacial score (nSPS) is 12.2. The molecule has 1 atom stereocenters. The van der Waals surface area contributed by atoms with E-state index in [2.05, 4.69) is 10.1 Å². The van der Waals surface area contributed by atoms with Gasteiger partial charge in [-0.05, 0) is 37.3 Å². The van der Waals surface area contributed by atoms with Gasteiger partial charge >= 0.3 is 12.3 Å². The molecule has 0 saturated carbocycles. The summed E-state index contributed by atoms with van der Waals surface area (Å²) in [6.07, 6.45) is -4.85. The zero-order valence-corrected chi connectivity index (χ0v) is 14.9. The first-order valence-corrected chi connectivity index (χ1v) is 7.97. The highest BCUT2D eigenvalue weighted by atomic mass is 35.5. The van der Waals surface area contributed by atoms with Gasteiger partial charge in [-0.1, -0.05) is 11.6 Å². The van der Waals surface area contributed by atoms with Crippen LogP contribution in [0.25, 0.3) is 0 Å². The van der Waals surface area contributed by atoms with Gasteiger partial charge in [-0.15, -0.1) is 13.2 Å². The number of nitrogens with two attached hydrogens (primary N) is 1. The van der Waals surface area contributed by atoms with E-state index < -0.39 is 46.6 Å². The Kier molecular flexibility index (Phi) is 6.47. The number of rotatable bonds is 5. The molecule has 1 amide bonds. The lowest BCUT2D eigenvalue weighted by molar-refractivity contribution is -0.274. The van der Waals surface area contributed by atoms with E-state index in [4.69, 9.17) is 22.1 Å². The summed E-state index contributed by atoms with van der Waals surface area (Å²) < 4.78 is 58.8. The average molecular weight is 421 g/mol. The second-order valence-electron chi connectivity index (χ2n) is 5.50. The number of benzene rings is 2. The highest BCUT2D eigenvalue weighted by molar-refractivity contribution is 6.31. The fourth-order valence-electron chi connectivity index (χ4n) is 1.93. The molecule has 0 bridgehead atoms. The maximum absolute atomic E-state index is 13.7. The first kappa shape index (κ1) is 21.5. The van der Waals surface area contributed by atoms with Crippen molar-refractivity contribution in [2.75, 3.05) is 5.32 Å². The summed E-state index contributed by atoms with van der Waals surface area (Å²) in [4.78, 5) is 24.1. The molecule has 0 heterocycles. The summed E-state index contributed by atoms with van der Waals surface area (Å²) >= 11 is 5.67. The molecule has 0 fully saturated rings. The van der Waals surface area contributed by atoms with Crippen LogP contribution < -0.4 is 20.5 Å². The number of carbonyl (C=O) groups is 2. The fraction of sp³-hybridized carbons (Fsp3) is 0.176. The summed E-state index contributed by atoms with van der Waals surface area (Å²) in [7, 11) is 0. The Balaban J connectivity index is 2.23. The van der Waals surface area contributed by atoms with Crippen molar-refractivity contribution >= 4 is 29.2 Å². The number of hydrogen-bond acceptors (Lipinski definition) is 5. The molecule has 150 valence electrons. The third kappa shape index (κ3) is 5.83. The summed E-state index contributed by atoms with van der Waals surface area (Å²) in [5.41, 5.74) is 5.19. The van der Waals surface area contributed by atoms with E-state index in [0.29, 0.717) is 0 Å². The van der Waals surface area contributed by atoms with Crippen molar-refractivity contribution in [2.45, 2.75) is 19.3 Å². The van der Waals surface area contributed by atoms with Crippen molar-refractivity contribution in [3.63, 3.8) is 0 Å². The Hall–Kier alpha value is -2.85. The van der Waals surface area contributed by atoms with Crippen LogP contribution in [0, 0.1) is 5.82 Å². The second kappa shape index (κ2) is 8.44. The van der Waals surface area contributed by atoms with Gasteiger partial charge < -0.3 is 20.5 Å². The van der Waals surface area contributed by atoms with Crippen LogP contribution in [0.2, 0.25) is 5.02 Å². The lowest BCUT2D eigenvalue weighted by atomic mass is 10.1. The summed E-state index contributed by atoms with van der Waals surface area (Å²) in [5, 5.41) is 1.96. The molecule has 0 aliphatic carbocycles. The third-order valence-electron chi connectivity index (χ3n) is 3.20. The van der Waals surface area contributed by atoms with E-state index in [-0.39, 0.29) is 11.3 Å². The van der Waals surface area contributed by atoms with Crippen molar-refractivity contribution < 1.29 is 36.6 Å². The highest BCUT2D eigenvalue weighted by Crippen LogP contribution is 2.28. The van der Waals surface area contributed by atoms with Crippen molar-refractivity contribution in [3.05, 3.63) is 52.8 Å². The Bertz CT molecular complexity index is 886. The quantitative estimate of drug-likeness (QED) is 0.435. The standard InChI is InChI=1S/C17H13ClF4N2O4/c1-8(23)16(26)27-14-7-13(19)12(18)6-11(14)15(25)24-9-2-4-10(5-3-9)28-17(20,21)22/h2-8H,23H2,1H3,(H,24,25)/t8-/m0/s1. The number of anilines is 1. The van der Waals surface area contributed by atoms with Gasteiger partial charge in [0, 0.05) is 11.8 Å². The molecule has 6 nitrogen and oxygen atoms in total. The molecule has 2 rings (SSSR count). The molecule has 0 aliphatic rings. The molecule has 0 aromatic heterocycles. The molecule has 0 unspecified atom stereocenters. The van der Waals surface area contributed by atoms with Crippen molar-refractivity contribution in [1.29, 1.82) is 0 Å². The van der Waals surface area contributed by atoms with Crippen LogP contribution in [-0.4, -0.2) is 24.3 Å². The second-order valence-corrected chi connectivity index (χ2v) is 5.91. The van der Waals surface area contributed by atoms with Gasteiger partial charge in [0.15, 0.2) is 0 Å². The number of esters is 1. The van der Waals surface area contributed by atoms with Crippen molar-refractivity contribution in [1.82, 2.24) is 0 Å². The molecule has 0 radical (unpaired) electrons. The summed E-state index contributed by atoms with van der Waals surface area (Å²) in [6.45, 7) is 1.33. The first-order valence-electron chi connectivity index (χ1n) is 7.60. The number of nitrogens with one attached hydrogen (secondary N) is 1. The zero-order chi connectivity index (χ0) is 21.1. The van der Waals surface area contributed by atoms with Crippen LogP contribution in [-0.2, 0) is 4.79 Å². The molecule has 2 aromatic rings. The molecule has 2 aromatic carbocycles. The Labute approximate surface area is 161 Å². The summed E-state index contributed by atoms with van der Waals surface area (Å²) in [5.74, 6) is -3.59. The van der Waals surface area contributed by atoms with Gasteiger partial charge in [-0.2, -0.15) is 0 Å². The van der Waals surface area contributed by atoms with Crippen LogP contribution in [0.4, 0.5) is 23.2 Å². The molecule has 0 saturated heterocycles. The number of carbonyl (C=O) groups excluding carboxylic acids is 2. The molecule has 11 heteroatoms. The van der Waals surface area contributed by atoms with Crippen LogP contribution in [0.5, 0.6) is 11.5 Å². The number of amides is 1. The van der Waals surface area contributed by atoms with Crippen LogP contribution in [0.1, 0.15) is 17.3 Å². The van der Waals surface area contributed by atoms with Crippen LogP contribution in [0.3, 0.4) is 0 Å². The largest absolute Gasteiger partial charge is 0.573 e. The Morgan fingerprint density at radius 1 is 1.18 bits per heavy atom. The van der Waals surface area contributed by atoms with Crippen LogP contribution in [0.15, 0.2) is 36.4 Å². The molecule has 0 aliphatic heterocycles. The minimum atomic E-state index is -4.85. The number of alkyl halides is 3. The number of halogens is 5. The predicted molar refractivity (Wildman–Crippen MR) is 91.8 cm³/mol. The maximum Gasteiger partial charge on any atom is 0.573 e. The van der Waals surface area contributed by atoms with E-state index in [9.17, 15) is 27.2 Å².